The van der Waals surface area contributed by atoms with Crippen molar-refractivity contribution in [3.05, 3.63) is 52.8 Å². The molecule has 4 nitrogen and oxygen atoms in total. The van der Waals surface area contributed by atoms with Crippen molar-refractivity contribution in [2.75, 3.05) is 6.54 Å². The summed E-state index contributed by atoms with van der Waals surface area (Å²) in [5.41, 5.74) is 2.73. The maximum Gasteiger partial charge on any atom is 0.220 e. The maximum absolute atomic E-state index is 12.0. The summed E-state index contributed by atoms with van der Waals surface area (Å²) >= 11 is 5.79. The minimum atomic E-state index is 0.106. The number of nitrogens with one attached hydrogen (secondary N) is 1. The number of aryl methyl sites for hydroxylation is 1. The zero-order valence-electron chi connectivity index (χ0n) is 11.8. The smallest absolute Gasteiger partial charge is 0.220 e. The fourth-order valence-electron chi connectivity index (χ4n) is 2.92. The molecule has 1 aromatic heterocycles. The Labute approximate surface area is 129 Å². The van der Waals surface area contributed by atoms with Crippen LogP contribution in [0.3, 0.4) is 0 Å². The molecule has 1 amide bonds. The van der Waals surface area contributed by atoms with Crippen molar-refractivity contribution in [1.82, 2.24) is 15.1 Å². The van der Waals surface area contributed by atoms with Gasteiger partial charge < -0.3 is 5.32 Å². The van der Waals surface area contributed by atoms with Gasteiger partial charge in [0.05, 0.1) is 17.8 Å². The van der Waals surface area contributed by atoms with Crippen molar-refractivity contribution in [2.24, 2.45) is 0 Å². The topological polar surface area (TPSA) is 46.9 Å². The first-order valence-electron chi connectivity index (χ1n) is 7.25. The largest absolute Gasteiger partial charge is 0.354 e. The lowest BCUT2D eigenvalue weighted by Gasteiger charge is -2.11. The highest BCUT2D eigenvalue weighted by atomic mass is 35.5. The Bertz CT molecular complexity index is 638. The summed E-state index contributed by atoms with van der Waals surface area (Å²) < 4.78 is 1.73. The van der Waals surface area contributed by atoms with E-state index in [9.17, 15) is 4.79 Å². The van der Waals surface area contributed by atoms with Crippen molar-refractivity contribution < 1.29 is 4.79 Å². The van der Waals surface area contributed by atoms with Gasteiger partial charge in [0, 0.05) is 19.2 Å². The van der Waals surface area contributed by atoms with Gasteiger partial charge in [-0.15, -0.1) is 0 Å². The number of aromatic nitrogens is 2. The van der Waals surface area contributed by atoms with Crippen molar-refractivity contribution in [1.29, 1.82) is 0 Å². The number of fused-ring (bicyclic) bond motifs is 1. The van der Waals surface area contributed by atoms with Crippen LogP contribution in [0, 0.1) is 0 Å². The van der Waals surface area contributed by atoms with Gasteiger partial charge in [-0.05, 0) is 29.9 Å². The standard InChI is InChI=1S/C16H18ClN3O/c17-14-10-19-20(11-14)8-7-18-16(21)9-13-6-5-12-3-1-2-4-15(12)13/h1-4,10-11,13H,5-9H2,(H,18,21)/t13-/m1/s1. The SMILES string of the molecule is O=C(C[C@H]1CCc2ccccc21)NCCn1cc(Cl)cn1. The molecule has 0 bridgehead atoms. The first kappa shape index (κ1) is 14.1. The zero-order chi connectivity index (χ0) is 14.7. The summed E-state index contributed by atoms with van der Waals surface area (Å²) in [5.74, 6) is 0.468. The van der Waals surface area contributed by atoms with Crippen LogP contribution < -0.4 is 5.32 Å². The van der Waals surface area contributed by atoms with Gasteiger partial charge in [0.1, 0.15) is 0 Å². The summed E-state index contributed by atoms with van der Waals surface area (Å²) in [7, 11) is 0. The van der Waals surface area contributed by atoms with Crippen molar-refractivity contribution >= 4 is 17.5 Å². The molecule has 0 fully saturated rings. The van der Waals surface area contributed by atoms with E-state index in [1.165, 1.54) is 11.1 Å². The first-order chi connectivity index (χ1) is 10.2. The van der Waals surface area contributed by atoms with Crippen LogP contribution in [0.25, 0.3) is 0 Å². The van der Waals surface area contributed by atoms with Gasteiger partial charge in [-0.2, -0.15) is 5.10 Å². The van der Waals surface area contributed by atoms with Gasteiger partial charge in [-0.1, -0.05) is 35.9 Å². The van der Waals surface area contributed by atoms with Crippen molar-refractivity contribution in [3.63, 3.8) is 0 Å². The fourth-order valence-corrected chi connectivity index (χ4v) is 3.08. The van der Waals surface area contributed by atoms with Crippen LogP contribution in [-0.4, -0.2) is 22.2 Å². The Morgan fingerprint density at radius 3 is 3.10 bits per heavy atom. The molecule has 110 valence electrons. The Morgan fingerprint density at radius 1 is 1.43 bits per heavy atom. The third-order valence-corrected chi connectivity index (χ3v) is 4.15. The van der Waals surface area contributed by atoms with E-state index < -0.39 is 0 Å². The summed E-state index contributed by atoms with van der Waals surface area (Å²) in [4.78, 5) is 12.0. The lowest BCUT2D eigenvalue weighted by atomic mass is 9.97. The molecule has 0 aliphatic heterocycles. The number of carbonyl (C=O) groups excluding carboxylic acids is 1. The predicted octanol–water partition coefficient (Wildman–Crippen LogP) is 2.77. The Balaban J connectivity index is 1.47. The number of amides is 1. The molecule has 0 unspecified atom stereocenters. The maximum atomic E-state index is 12.0. The van der Waals surface area contributed by atoms with Gasteiger partial charge >= 0.3 is 0 Å². The highest BCUT2D eigenvalue weighted by Gasteiger charge is 2.23. The second-order valence-corrected chi connectivity index (χ2v) is 5.85. The summed E-state index contributed by atoms with van der Waals surface area (Å²) in [6.45, 7) is 1.21. The molecule has 1 N–H and O–H groups in total. The highest BCUT2D eigenvalue weighted by Crippen LogP contribution is 2.34. The normalized spacial score (nSPS) is 16.7. The molecule has 1 aliphatic rings. The molecule has 2 aromatic rings. The Morgan fingerprint density at radius 2 is 2.29 bits per heavy atom. The van der Waals surface area contributed by atoms with Gasteiger partial charge in [0.15, 0.2) is 0 Å². The molecule has 0 saturated heterocycles. The average Bonchev–Trinajstić information content (AvgIpc) is 3.06. The summed E-state index contributed by atoms with van der Waals surface area (Å²) in [5, 5.41) is 7.65. The first-order valence-corrected chi connectivity index (χ1v) is 7.62. The number of benzene rings is 1. The lowest BCUT2D eigenvalue weighted by molar-refractivity contribution is -0.121. The quantitative estimate of drug-likeness (QED) is 0.923. The molecule has 0 saturated carbocycles. The summed E-state index contributed by atoms with van der Waals surface area (Å²) in [6.07, 6.45) is 6.07. The second kappa shape index (κ2) is 6.31. The van der Waals surface area contributed by atoms with E-state index in [4.69, 9.17) is 11.6 Å². The molecule has 0 radical (unpaired) electrons. The van der Waals surface area contributed by atoms with Gasteiger partial charge in [-0.25, -0.2) is 0 Å². The number of halogens is 1. The molecule has 0 spiro atoms. The van der Waals surface area contributed by atoms with Crippen LogP contribution in [0.5, 0.6) is 0 Å². The van der Waals surface area contributed by atoms with Gasteiger partial charge in [-0.3, -0.25) is 9.48 Å². The van der Waals surface area contributed by atoms with Crippen LogP contribution >= 0.6 is 11.6 Å². The molecule has 1 atom stereocenters. The van der Waals surface area contributed by atoms with Crippen molar-refractivity contribution in [2.45, 2.75) is 31.7 Å². The molecule has 5 heteroatoms. The van der Waals surface area contributed by atoms with Gasteiger partial charge in [0.2, 0.25) is 5.91 Å². The number of carbonyl (C=O) groups is 1. The molecule has 3 rings (SSSR count). The summed E-state index contributed by atoms with van der Waals surface area (Å²) in [6, 6.07) is 8.42. The number of nitrogens with zero attached hydrogens (tertiary/aromatic N) is 2. The van der Waals surface area contributed by atoms with Crippen LogP contribution in [0.1, 0.15) is 29.9 Å². The molecule has 21 heavy (non-hydrogen) atoms. The molecule has 1 aromatic carbocycles. The Hall–Kier alpha value is -1.81. The van der Waals surface area contributed by atoms with Crippen LogP contribution in [0.15, 0.2) is 36.7 Å². The highest BCUT2D eigenvalue weighted by molar-refractivity contribution is 6.30. The minimum Gasteiger partial charge on any atom is -0.354 e. The van der Waals surface area contributed by atoms with E-state index in [-0.39, 0.29) is 5.91 Å². The number of rotatable bonds is 5. The molecular formula is C16H18ClN3O. The zero-order valence-corrected chi connectivity index (χ0v) is 12.5. The van der Waals surface area contributed by atoms with Crippen LogP contribution in [0.2, 0.25) is 5.02 Å². The van der Waals surface area contributed by atoms with E-state index in [1.807, 2.05) is 0 Å². The van der Waals surface area contributed by atoms with Crippen LogP contribution in [0.4, 0.5) is 0 Å². The number of hydrogen-bond donors (Lipinski definition) is 1. The third-order valence-electron chi connectivity index (χ3n) is 3.95. The average molecular weight is 304 g/mol. The molecule has 1 heterocycles. The molecular weight excluding hydrogens is 286 g/mol. The monoisotopic (exact) mass is 303 g/mol. The number of hydrogen-bond acceptors (Lipinski definition) is 2. The third kappa shape index (κ3) is 3.45. The van der Waals surface area contributed by atoms with E-state index in [0.29, 0.717) is 30.5 Å². The lowest BCUT2D eigenvalue weighted by Crippen LogP contribution is -2.28. The van der Waals surface area contributed by atoms with Crippen LogP contribution in [-0.2, 0) is 17.8 Å². The van der Waals surface area contributed by atoms with E-state index in [0.717, 1.165) is 12.8 Å². The van der Waals surface area contributed by atoms with Gasteiger partial charge in [0.25, 0.3) is 0 Å². The Kier molecular flexibility index (Phi) is 4.25. The van der Waals surface area contributed by atoms with E-state index >= 15 is 0 Å². The second-order valence-electron chi connectivity index (χ2n) is 5.41. The van der Waals surface area contributed by atoms with E-state index in [2.05, 4.69) is 34.7 Å². The van der Waals surface area contributed by atoms with E-state index in [1.54, 1.807) is 17.1 Å². The van der Waals surface area contributed by atoms with Crippen molar-refractivity contribution in [3.8, 4) is 0 Å². The fraction of sp³-hybridized carbons (Fsp3) is 0.375. The minimum absolute atomic E-state index is 0.106. The predicted molar refractivity (Wildman–Crippen MR) is 82.4 cm³/mol. The molecule has 1 aliphatic carbocycles.